The number of nitrogens with one attached hydrogen (secondary N) is 1. The van der Waals surface area contributed by atoms with Gasteiger partial charge in [0.25, 0.3) is 0 Å². The summed E-state index contributed by atoms with van der Waals surface area (Å²) in [6.45, 7) is 8.88. The number of carbonyl (C=O) groups excluding carboxylic acids is 1. The van der Waals surface area contributed by atoms with E-state index in [9.17, 15) is 4.79 Å². The van der Waals surface area contributed by atoms with Crippen molar-refractivity contribution in [2.24, 2.45) is 0 Å². The van der Waals surface area contributed by atoms with Crippen LogP contribution in [0.1, 0.15) is 12.5 Å². The fourth-order valence-electron chi connectivity index (χ4n) is 2.79. The van der Waals surface area contributed by atoms with Gasteiger partial charge in [-0.2, -0.15) is 0 Å². The number of benzene rings is 2. The van der Waals surface area contributed by atoms with Crippen molar-refractivity contribution in [2.45, 2.75) is 25.5 Å². The zero-order chi connectivity index (χ0) is 20.6. The van der Waals surface area contributed by atoms with Crippen LogP contribution in [0.4, 0.5) is 5.69 Å². The van der Waals surface area contributed by atoms with Gasteiger partial charge in [-0.3, -0.25) is 9.36 Å². The van der Waals surface area contributed by atoms with Gasteiger partial charge in [-0.1, -0.05) is 47.7 Å². The lowest BCUT2D eigenvalue weighted by molar-refractivity contribution is -0.113. The zero-order valence-electron chi connectivity index (χ0n) is 16.6. The van der Waals surface area contributed by atoms with Crippen LogP contribution < -0.4 is 10.1 Å². The van der Waals surface area contributed by atoms with Gasteiger partial charge in [0, 0.05) is 12.2 Å². The molecule has 7 heteroatoms. The lowest BCUT2D eigenvalue weighted by atomic mass is 10.2. The molecule has 0 bridgehead atoms. The van der Waals surface area contributed by atoms with E-state index in [-0.39, 0.29) is 11.7 Å². The van der Waals surface area contributed by atoms with Crippen molar-refractivity contribution >= 4 is 23.4 Å². The number of aromatic nitrogens is 3. The van der Waals surface area contributed by atoms with Gasteiger partial charge in [-0.25, -0.2) is 0 Å². The second-order valence-electron chi connectivity index (χ2n) is 6.34. The molecule has 0 fully saturated rings. The molecule has 0 aliphatic rings. The Kier molecular flexibility index (Phi) is 7.08. The molecule has 3 aromatic rings. The fraction of sp³-hybridized carbons (Fsp3) is 0.227. The van der Waals surface area contributed by atoms with Gasteiger partial charge in [0.15, 0.2) is 11.0 Å². The van der Waals surface area contributed by atoms with E-state index in [0.29, 0.717) is 24.1 Å². The predicted molar refractivity (Wildman–Crippen MR) is 117 cm³/mol. The third kappa shape index (κ3) is 5.26. The Hall–Kier alpha value is -3.06. The van der Waals surface area contributed by atoms with Crippen LogP contribution in [0.5, 0.6) is 5.75 Å². The number of allylic oxidation sites excluding steroid dienone is 1. The maximum Gasteiger partial charge on any atom is 0.234 e. The molecule has 0 atom stereocenters. The van der Waals surface area contributed by atoms with Crippen molar-refractivity contribution < 1.29 is 9.53 Å². The number of anilines is 1. The molecule has 0 saturated heterocycles. The molecule has 1 amide bonds. The summed E-state index contributed by atoms with van der Waals surface area (Å²) >= 11 is 1.34. The molecule has 2 aromatic carbocycles. The molecular formula is C22H24N4O2S. The number of carbonyl (C=O) groups is 1. The van der Waals surface area contributed by atoms with E-state index >= 15 is 0 Å². The number of hydrogen-bond acceptors (Lipinski definition) is 5. The highest BCUT2D eigenvalue weighted by molar-refractivity contribution is 7.99. The van der Waals surface area contributed by atoms with E-state index in [1.165, 1.54) is 11.8 Å². The smallest absolute Gasteiger partial charge is 0.234 e. The Balaban J connectivity index is 1.76. The minimum absolute atomic E-state index is 0.0942. The van der Waals surface area contributed by atoms with Crippen LogP contribution in [0, 0.1) is 6.92 Å². The molecule has 0 radical (unpaired) electrons. The van der Waals surface area contributed by atoms with E-state index in [1.807, 2.05) is 66.9 Å². The molecule has 0 saturated carbocycles. The molecule has 1 N–H and O–H groups in total. The molecule has 3 rings (SSSR count). The Morgan fingerprint density at radius 1 is 1.21 bits per heavy atom. The van der Waals surface area contributed by atoms with E-state index in [4.69, 9.17) is 4.74 Å². The Bertz CT molecular complexity index is 983. The van der Waals surface area contributed by atoms with E-state index < -0.39 is 0 Å². The molecule has 1 heterocycles. The summed E-state index contributed by atoms with van der Waals surface area (Å²) in [5, 5.41) is 12.2. The number of ether oxygens (including phenoxy) is 1. The lowest BCUT2D eigenvalue weighted by Crippen LogP contribution is -2.14. The second-order valence-corrected chi connectivity index (χ2v) is 7.28. The predicted octanol–water partition coefficient (Wildman–Crippen LogP) is 4.57. The van der Waals surface area contributed by atoms with Crippen LogP contribution in [0.25, 0.3) is 11.4 Å². The van der Waals surface area contributed by atoms with E-state index in [1.54, 1.807) is 6.08 Å². The number of rotatable bonds is 9. The molecule has 0 unspecified atom stereocenters. The van der Waals surface area contributed by atoms with Crippen molar-refractivity contribution in [3.63, 3.8) is 0 Å². The van der Waals surface area contributed by atoms with E-state index in [0.717, 1.165) is 22.6 Å². The van der Waals surface area contributed by atoms with Gasteiger partial charge in [0.05, 0.1) is 17.9 Å². The van der Waals surface area contributed by atoms with Gasteiger partial charge < -0.3 is 10.1 Å². The van der Waals surface area contributed by atoms with Crippen LogP contribution in [-0.2, 0) is 11.3 Å². The standard InChI is InChI=1S/C22H24N4O2S/c1-4-14-26-21(18-8-6-7-9-19(18)28-5-2)24-25-22(26)29-15-20(27)23-17-12-10-16(3)11-13-17/h4,6-13H,1,5,14-15H2,2-3H3,(H,23,27). The Morgan fingerprint density at radius 2 is 1.97 bits per heavy atom. The first-order valence-electron chi connectivity index (χ1n) is 9.38. The number of aryl methyl sites for hydroxylation is 1. The van der Waals surface area contributed by atoms with Crippen LogP contribution in [0.3, 0.4) is 0 Å². The number of amides is 1. The fourth-order valence-corrected chi connectivity index (χ4v) is 3.53. The summed E-state index contributed by atoms with van der Waals surface area (Å²) in [4.78, 5) is 12.3. The van der Waals surface area contributed by atoms with Gasteiger partial charge in [0.2, 0.25) is 5.91 Å². The summed E-state index contributed by atoms with van der Waals surface area (Å²) in [5.41, 5.74) is 2.79. The molecule has 1 aromatic heterocycles. The topological polar surface area (TPSA) is 69.0 Å². The van der Waals surface area contributed by atoms with Gasteiger partial charge >= 0.3 is 0 Å². The first kappa shape index (κ1) is 20.7. The zero-order valence-corrected chi connectivity index (χ0v) is 17.4. The van der Waals surface area contributed by atoms with Gasteiger partial charge in [-0.15, -0.1) is 16.8 Å². The minimum atomic E-state index is -0.0942. The molecule has 29 heavy (non-hydrogen) atoms. The Morgan fingerprint density at radius 3 is 2.69 bits per heavy atom. The molecule has 6 nitrogen and oxygen atoms in total. The maximum atomic E-state index is 12.3. The average molecular weight is 409 g/mol. The van der Waals surface area contributed by atoms with Crippen LogP contribution in [0.15, 0.2) is 66.3 Å². The highest BCUT2D eigenvalue weighted by Gasteiger charge is 2.17. The van der Waals surface area contributed by atoms with Crippen LogP contribution in [-0.4, -0.2) is 33.0 Å². The van der Waals surface area contributed by atoms with Crippen LogP contribution >= 0.6 is 11.8 Å². The molecule has 0 aliphatic heterocycles. The largest absolute Gasteiger partial charge is 0.493 e. The highest BCUT2D eigenvalue weighted by atomic mass is 32.2. The third-order valence-electron chi connectivity index (χ3n) is 4.12. The molecular weight excluding hydrogens is 384 g/mol. The maximum absolute atomic E-state index is 12.3. The summed E-state index contributed by atoms with van der Waals surface area (Å²) < 4.78 is 7.67. The first-order valence-corrected chi connectivity index (χ1v) is 10.4. The summed E-state index contributed by atoms with van der Waals surface area (Å²) in [6, 6.07) is 15.4. The number of para-hydroxylation sites is 1. The quantitative estimate of drug-likeness (QED) is 0.415. The van der Waals surface area contributed by atoms with Gasteiger partial charge in [-0.05, 0) is 38.1 Å². The SMILES string of the molecule is C=CCn1c(SCC(=O)Nc2ccc(C)cc2)nnc1-c1ccccc1OCC. The van der Waals surface area contributed by atoms with Crippen molar-refractivity contribution in [1.29, 1.82) is 0 Å². The lowest BCUT2D eigenvalue weighted by Gasteiger charge is -2.11. The minimum Gasteiger partial charge on any atom is -0.493 e. The number of thioether (sulfide) groups is 1. The molecule has 150 valence electrons. The molecule has 0 aliphatic carbocycles. The van der Waals surface area contributed by atoms with Gasteiger partial charge in [0.1, 0.15) is 5.75 Å². The van der Waals surface area contributed by atoms with Crippen molar-refractivity contribution in [3.05, 3.63) is 66.7 Å². The second kappa shape index (κ2) is 9.93. The number of nitrogens with zero attached hydrogens (tertiary/aromatic N) is 3. The average Bonchev–Trinajstić information content (AvgIpc) is 3.12. The third-order valence-corrected chi connectivity index (χ3v) is 5.09. The normalized spacial score (nSPS) is 10.6. The monoisotopic (exact) mass is 408 g/mol. The first-order chi connectivity index (χ1) is 14.1. The Labute approximate surface area is 175 Å². The number of hydrogen-bond donors (Lipinski definition) is 1. The van der Waals surface area contributed by atoms with Crippen LogP contribution in [0.2, 0.25) is 0 Å². The molecule has 0 spiro atoms. The highest BCUT2D eigenvalue weighted by Crippen LogP contribution is 2.31. The van der Waals surface area contributed by atoms with Crippen molar-refractivity contribution in [1.82, 2.24) is 14.8 Å². The van der Waals surface area contributed by atoms with Crippen molar-refractivity contribution in [2.75, 3.05) is 17.7 Å². The van der Waals surface area contributed by atoms with Crippen molar-refractivity contribution in [3.8, 4) is 17.1 Å². The van der Waals surface area contributed by atoms with E-state index in [2.05, 4.69) is 22.1 Å². The summed E-state index contributed by atoms with van der Waals surface area (Å²) in [6.07, 6.45) is 1.78. The summed E-state index contributed by atoms with van der Waals surface area (Å²) in [5.74, 6) is 1.58. The summed E-state index contributed by atoms with van der Waals surface area (Å²) in [7, 11) is 0.